The van der Waals surface area contributed by atoms with Crippen molar-refractivity contribution in [1.82, 2.24) is 9.80 Å². The Hall–Kier alpha value is -0.340. The highest BCUT2D eigenvalue weighted by Gasteiger charge is 2.21. The first kappa shape index (κ1) is 25.7. The van der Waals surface area contributed by atoms with Crippen LogP contribution in [0.15, 0.2) is 12.7 Å². The minimum atomic E-state index is 0.615. The fourth-order valence-corrected chi connectivity index (χ4v) is 4.19. The zero-order valence-electron chi connectivity index (χ0n) is 18.9. The molecule has 0 aromatic rings. The molecule has 2 nitrogen and oxygen atoms in total. The van der Waals surface area contributed by atoms with E-state index in [4.69, 9.17) is 0 Å². The van der Waals surface area contributed by atoms with Crippen LogP contribution in [0.3, 0.4) is 0 Å². The maximum absolute atomic E-state index is 4.11. The van der Waals surface area contributed by atoms with E-state index in [1.807, 2.05) is 0 Å². The van der Waals surface area contributed by atoms with Gasteiger partial charge in [0.05, 0.1) is 6.17 Å². The summed E-state index contributed by atoms with van der Waals surface area (Å²) in [5.41, 5.74) is 0. The van der Waals surface area contributed by atoms with Crippen LogP contribution < -0.4 is 0 Å². The van der Waals surface area contributed by atoms with Crippen LogP contribution in [0.4, 0.5) is 0 Å². The van der Waals surface area contributed by atoms with Crippen molar-refractivity contribution in [2.75, 3.05) is 26.2 Å². The molecule has 0 aliphatic carbocycles. The highest BCUT2D eigenvalue weighted by Crippen LogP contribution is 2.21. The molecular formula is C24H50N2. The molecule has 0 aliphatic rings. The van der Waals surface area contributed by atoms with Crippen LogP contribution in [0.25, 0.3) is 0 Å². The third-order valence-electron chi connectivity index (χ3n) is 6.02. The van der Waals surface area contributed by atoms with Crippen LogP contribution in [0, 0.1) is 5.92 Å². The Balaban J connectivity index is 4.16. The van der Waals surface area contributed by atoms with Crippen molar-refractivity contribution < 1.29 is 0 Å². The third-order valence-corrected chi connectivity index (χ3v) is 6.02. The Kier molecular flexibility index (Phi) is 17.8. The van der Waals surface area contributed by atoms with E-state index < -0.39 is 0 Å². The second-order valence-electron chi connectivity index (χ2n) is 7.76. The second kappa shape index (κ2) is 18.0. The van der Waals surface area contributed by atoms with Gasteiger partial charge in [-0.1, -0.05) is 85.6 Å². The highest BCUT2D eigenvalue weighted by atomic mass is 15.3. The molecule has 2 heteroatoms. The Morgan fingerprint density at radius 2 is 1.08 bits per heavy atom. The lowest BCUT2D eigenvalue weighted by Crippen LogP contribution is -2.48. The summed E-state index contributed by atoms with van der Waals surface area (Å²) in [6, 6.07) is 0. The molecule has 0 aromatic heterocycles. The van der Waals surface area contributed by atoms with Gasteiger partial charge < -0.3 is 0 Å². The second-order valence-corrected chi connectivity index (χ2v) is 7.76. The minimum absolute atomic E-state index is 0.615. The smallest absolute Gasteiger partial charge is 0.0622 e. The van der Waals surface area contributed by atoms with E-state index in [1.54, 1.807) is 0 Å². The molecule has 1 unspecified atom stereocenters. The summed E-state index contributed by atoms with van der Waals surface area (Å²) in [7, 11) is 0. The number of rotatable bonds is 19. The normalized spacial score (nSPS) is 13.1. The average Bonchev–Trinajstić information content (AvgIpc) is 2.67. The maximum atomic E-state index is 4.11. The molecule has 0 spiro atoms. The predicted octanol–water partition coefficient (Wildman–Crippen LogP) is 7.11. The quantitative estimate of drug-likeness (QED) is 0.136. The molecule has 0 rings (SSSR count). The first-order valence-corrected chi connectivity index (χ1v) is 11.8. The number of unbranched alkanes of at least 4 members (excludes halogenated alkanes) is 6. The molecule has 0 amide bonds. The molecule has 0 heterocycles. The van der Waals surface area contributed by atoms with Crippen LogP contribution in [0.1, 0.15) is 105 Å². The van der Waals surface area contributed by atoms with Gasteiger partial charge in [0.1, 0.15) is 0 Å². The first-order chi connectivity index (χ1) is 12.7. The van der Waals surface area contributed by atoms with Crippen molar-refractivity contribution >= 4 is 0 Å². The summed E-state index contributed by atoms with van der Waals surface area (Å²) >= 11 is 0. The number of allylic oxidation sites excluding steroid dienone is 1. The lowest BCUT2D eigenvalue weighted by atomic mass is 9.94. The summed E-state index contributed by atoms with van der Waals surface area (Å²) in [6.07, 6.45) is 18.0. The van der Waals surface area contributed by atoms with E-state index in [0.717, 1.165) is 32.1 Å². The Morgan fingerprint density at radius 1 is 0.615 bits per heavy atom. The van der Waals surface area contributed by atoms with E-state index in [1.165, 1.54) is 70.6 Å². The van der Waals surface area contributed by atoms with Crippen LogP contribution in [0.2, 0.25) is 0 Å². The number of hydrogen-bond acceptors (Lipinski definition) is 2. The van der Waals surface area contributed by atoms with E-state index in [9.17, 15) is 0 Å². The summed E-state index contributed by atoms with van der Waals surface area (Å²) in [5.74, 6) is 0.722. The standard InChI is InChI=1S/C24H50N2/c1-7-13-14-15-16-17-18-20-23(8-2)21-19-22-24(25(9-3)10-4)26(11-5)12-6/h8,23-24H,2,7,9-22H2,1,3-6H3. The van der Waals surface area contributed by atoms with Crippen molar-refractivity contribution in [1.29, 1.82) is 0 Å². The molecule has 0 bridgehead atoms. The zero-order chi connectivity index (χ0) is 19.6. The number of hydrogen-bond donors (Lipinski definition) is 0. The van der Waals surface area contributed by atoms with E-state index in [-0.39, 0.29) is 0 Å². The van der Waals surface area contributed by atoms with Gasteiger partial charge in [0, 0.05) is 0 Å². The highest BCUT2D eigenvalue weighted by molar-refractivity contribution is 4.80. The lowest BCUT2D eigenvalue weighted by molar-refractivity contribution is 0.0476. The van der Waals surface area contributed by atoms with Crippen molar-refractivity contribution in [3.8, 4) is 0 Å². The minimum Gasteiger partial charge on any atom is -0.288 e. The summed E-state index contributed by atoms with van der Waals surface area (Å²) in [4.78, 5) is 5.26. The zero-order valence-corrected chi connectivity index (χ0v) is 18.9. The predicted molar refractivity (Wildman–Crippen MR) is 120 cm³/mol. The summed E-state index contributed by atoms with van der Waals surface area (Å²) in [5, 5.41) is 0. The first-order valence-electron chi connectivity index (χ1n) is 11.8. The van der Waals surface area contributed by atoms with Crippen molar-refractivity contribution in [3.63, 3.8) is 0 Å². The van der Waals surface area contributed by atoms with E-state index >= 15 is 0 Å². The van der Waals surface area contributed by atoms with Crippen LogP contribution >= 0.6 is 0 Å². The molecular weight excluding hydrogens is 316 g/mol. The molecule has 0 fully saturated rings. The molecule has 156 valence electrons. The van der Waals surface area contributed by atoms with Gasteiger partial charge in [-0.25, -0.2) is 0 Å². The monoisotopic (exact) mass is 366 g/mol. The van der Waals surface area contributed by atoms with Crippen LogP contribution in [-0.4, -0.2) is 42.1 Å². The maximum Gasteiger partial charge on any atom is 0.0622 e. The fraction of sp³-hybridized carbons (Fsp3) is 0.917. The molecule has 0 saturated carbocycles. The third kappa shape index (κ3) is 11.4. The van der Waals surface area contributed by atoms with Gasteiger partial charge >= 0.3 is 0 Å². The van der Waals surface area contributed by atoms with Gasteiger partial charge in [-0.15, -0.1) is 6.58 Å². The Morgan fingerprint density at radius 3 is 1.54 bits per heavy atom. The van der Waals surface area contributed by atoms with Gasteiger partial charge in [-0.3, -0.25) is 9.80 Å². The molecule has 1 atom stereocenters. The summed E-state index contributed by atoms with van der Waals surface area (Å²) in [6.45, 7) is 20.2. The average molecular weight is 367 g/mol. The lowest BCUT2D eigenvalue weighted by Gasteiger charge is -2.38. The van der Waals surface area contributed by atoms with Crippen molar-refractivity contribution in [3.05, 3.63) is 12.7 Å². The molecule has 0 N–H and O–H groups in total. The van der Waals surface area contributed by atoms with Crippen molar-refractivity contribution in [2.45, 2.75) is 111 Å². The van der Waals surface area contributed by atoms with E-state index in [0.29, 0.717) is 6.17 Å². The van der Waals surface area contributed by atoms with Gasteiger partial charge in [0.2, 0.25) is 0 Å². The van der Waals surface area contributed by atoms with Gasteiger partial charge in [-0.05, 0) is 57.8 Å². The molecule has 26 heavy (non-hydrogen) atoms. The fourth-order valence-electron chi connectivity index (χ4n) is 4.19. The SMILES string of the molecule is C=CC(CCCCCCCCC)CCCC(N(CC)CC)N(CC)CC. The van der Waals surface area contributed by atoms with Gasteiger partial charge in [0.25, 0.3) is 0 Å². The van der Waals surface area contributed by atoms with Gasteiger partial charge in [-0.2, -0.15) is 0 Å². The largest absolute Gasteiger partial charge is 0.288 e. The Bertz CT molecular complexity index is 283. The molecule has 0 aliphatic heterocycles. The van der Waals surface area contributed by atoms with Crippen LogP contribution in [-0.2, 0) is 0 Å². The van der Waals surface area contributed by atoms with Crippen LogP contribution in [0.5, 0.6) is 0 Å². The Labute approximate surface area is 166 Å². The van der Waals surface area contributed by atoms with E-state index in [2.05, 4.69) is 57.1 Å². The van der Waals surface area contributed by atoms with Gasteiger partial charge in [0.15, 0.2) is 0 Å². The topological polar surface area (TPSA) is 6.48 Å². The molecule has 0 aromatic carbocycles. The van der Waals surface area contributed by atoms with Crippen molar-refractivity contribution in [2.24, 2.45) is 5.92 Å². The number of nitrogens with zero attached hydrogens (tertiary/aromatic N) is 2. The molecule has 0 radical (unpaired) electrons. The summed E-state index contributed by atoms with van der Waals surface area (Å²) < 4.78 is 0. The molecule has 0 saturated heterocycles.